The van der Waals surface area contributed by atoms with Crippen molar-refractivity contribution in [3.63, 3.8) is 0 Å². The lowest BCUT2D eigenvalue weighted by Gasteiger charge is -2.18. The van der Waals surface area contributed by atoms with Crippen molar-refractivity contribution in [1.82, 2.24) is 15.3 Å². The van der Waals surface area contributed by atoms with Gasteiger partial charge in [-0.15, -0.1) is 11.3 Å². The fraction of sp³-hybridized carbons (Fsp3) is 0.136. The van der Waals surface area contributed by atoms with Crippen molar-refractivity contribution in [1.29, 1.82) is 0 Å². The van der Waals surface area contributed by atoms with Gasteiger partial charge in [0, 0.05) is 17.8 Å². The summed E-state index contributed by atoms with van der Waals surface area (Å²) in [6.45, 7) is 0. The molecule has 0 aliphatic rings. The van der Waals surface area contributed by atoms with Crippen molar-refractivity contribution < 1.29 is 9.59 Å². The maximum absolute atomic E-state index is 13.0. The Hall–Kier alpha value is -3.45. The Labute approximate surface area is 171 Å². The molecule has 0 aliphatic carbocycles. The van der Waals surface area contributed by atoms with Crippen LogP contribution in [0.1, 0.15) is 38.8 Å². The zero-order chi connectivity index (χ0) is 20.2. The molecule has 4 aromatic rings. The molecule has 0 spiro atoms. The number of H-pyrrole nitrogens is 1. The van der Waals surface area contributed by atoms with E-state index in [4.69, 9.17) is 5.73 Å². The van der Waals surface area contributed by atoms with E-state index in [9.17, 15) is 9.59 Å². The molecule has 7 heteroatoms. The molecule has 0 saturated heterocycles. The van der Waals surface area contributed by atoms with E-state index in [1.807, 2.05) is 60.1 Å². The molecule has 3 aromatic heterocycles. The van der Waals surface area contributed by atoms with Crippen LogP contribution < -0.4 is 11.1 Å². The van der Waals surface area contributed by atoms with E-state index in [2.05, 4.69) is 15.3 Å². The van der Waals surface area contributed by atoms with Gasteiger partial charge in [0.1, 0.15) is 5.65 Å². The molecule has 0 fully saturated rings. The number of nitrogens with one attached hydrogen (secondary N) is 2. The number of benzene rings is 1. The van der Waals surface area contributed by atoms with Crippen molar-refractivity contribution in [2.45, 2.75) is 18.9 Å². The molecular weight excluding hydrogens is 384 g/mol. The highest BCUT2D eigenvalue weighted by molar-refractivity contribution is 7.12. The molecule has 0 bridgehead atoms. The number of aromatic nitrogens is 2. The van der Waals surface area contributed by atoms with Crippen LogP contribution in [0.2, 0.25) is 0 Å². The van der Waals surface area contributed by atoms with Crippen LogP contribution in [0.4, 0.5) is 0 Å². The fourth-order valence-electron chi connectivity index (χ4n) is 3.41. The molecule has 0 unspecified atom stereocenters. The third-order valence-corrected chi connectivity index (χ3v) is 5.75. The molecule has 0 saturated carbocycles. The second-order valence-electron chi connectivity index (χ2n) is 6.77. The van der Waals surface area contributed by atoms with Crippen molar-refractivity contribution >= 4 is 34.2 Å². The van der Waals surface area contributed by atoms with Gasteiger partial charge in [0.2, 0.25) is 5.91 Å². The minimum atomic E-state index is -0.464. The lowest BCUT2D eigenvalue weighted by molar-refractivity contribution is -0.118. The molecule has 3 heterocycles. The Balaban J connectivity index is 1.57. The van der Waals surface area contributed by atoms with E-state index in [1.165, 1.54) is 11.3 Å². The number of thiophene rings is 1. The molecule has 6 nitrogen and oxygen atoms in total. The largest absolute Gasteiger partial charge is 0.370 e. The van der Waals surface area contributed by atoms with Crippen LogP contribution in [0.15, 0.2) is 66.3 Å². The summed E-state index contributed by atoms with van der Waals surface area (Å²) in [5, 5.41) is 5.93. The summed E-state index contributed by atoms with van der Waals surface area (Å²) < 4.78 is 0. The summed E-state index contributed by atoms with van der Waals surface area (Å²) in [6.07, 6.45) is 4.29. The molecule has 1 aromatic carbocycles. The summed E-state index contributed by atoms with van der Waals surface area (Å²) in [5.41, 5.74) is 9.11. The Morgan fingerprint density at radius 1 is 1.10 bits per heavy atom. The van der Waals surface area contributed by atoms with Gasteiger partial charge in [-0.2, -0.15) is 0 Å². The van der Waals surface area contributed by atoms with E-state index in [0.29, 0.717) is 11.3 Å². The maximum Gasteiger partial charge on any atom is 0.262 e. The quantitative estimate of drug-likeness (QED) is 0.439. The van der Waals surface area contributed by atoms with Gasteiger partial charge in [-0.25, -0.2) is 4.98 Å². The fourth-order valence-corrected chi connectivity index (χ4v) is 4.24. The van der Waals surface area contributed by atoms with Gasteiger partial charge in [0.05, 0.1) is 17.3 Å². The average molecular weight is 404 g/mol. The standard InChI is InChI=1S/C22H20N4O2S/c23-19(27)13-18(14-4-2-1-3-5-14)26-22(28)20-16(8-11-29-20)12-15-6-9-24-21-17(15)7-10-25-21/h1-11,18H,12-13H2,(H2,23,27)(H,24,25)(H,26,28)/t18-/m1/s1. The van der Waals surface area contributed by atoms with Crippen molar-refractivity contribution in [3.8, 4) is 0 Å². The number of rotatable bonds is 7. The zero-order valence-corrected chi connectivity index (χ0v) is 16.4. The van der Waals surface area contributed by atoms with Crippen molar-refractivity contribution in [2.24, 2.45) is 5.73 Å². The lowest BCUT2D eigenvalue weighted by atomic mass is 10.0. The summed E-state index contributed by atoms with van der Waals surface area (Å²) in [5.74, 6) is -0.665. The highest BCUT2D eigenvalue weighted by Gasteiger charge is 2.21. The van der Waals surface area contributed by atoms with Crippen LogP contribution >= 0.6 is 11.3 Å². The highest BCUT2D eigenvalue weighted by atomic mass is 32.1. The first-order valence-electron chi connectivity index (χ1n) is 9.23. The summed E-state index contributed by atoms with van der Waals surface area (Å²) in [7, 11) is 0. The number of hydrogen-bond donors (Lipinski definition) is 3. The van der Waals surface area contributed by atoms with Gasteiger partial charge in [-0.05, 0) is 46.7 Å². The van der Waals surface area contributed by atoms with Crippen LogP contribution in [0.5, 0.6) is 0 Å². The molecular formula is C22H20N4O2S. The first-order valence-corrected chi connectivity index (χ1v) is 10.1. The van der Waals surface area contributed by atoms with E-state index < -0.39 is 11.9 Å². The summed E-state index contributed by atoms with van der Waals surface area (Å²) >= 11 is 1.39. The minimum absolute atomic E-state index is 0.0464. The monoisotopic (exact) mass is 404 g/mol. The second kappa shape index (κ2) is 8.28. The Morgan fingerprint density at radius 3 is 2.72 bits per heavy atom. The van der Waals surface area contributed by atoms with E-state index in [1.54, 1.807) is 6.20 Å². The molecule has 0 aliphatic heterocycles. The minimum Gasteiger partial charge on any atom is -0.370 e. The van der Waals surface area contributed by atoms with Gasteiger partial charge in [-0.1, -0.05) is 30.3 Å². The number of carbonyl (C=O) groups is 2. The predicted octanol–water partition coefficient (Wildman–Crippen LogP) is 3.56. The number of pyridine rings is 1. The first-order chi connectivity index (χ1) is 14.1. The number of amides is 2. The zero-order valence-electron chi connectivity index (χ0n) is 15.6. The van der Waals surface area contributed by atoms with Crippen LogP contribution in [0.3, 0.4) is 0 Å². The van der Waals surface area contributed by atoms with Gasteiger partial charge in [0.25, 0.3) is 5.91 Å². The third-order valence-electron chi connectivity index (χ3n) is 4.80. The first kappa shape index (κ1) is 18.9. The van der Waals surface area contributed by atoms with Gasteiger partial charge in [0.15, 0.2) is 0 Å². The molecule has 1 atom stereocenters. The number of fused-ring (bicyclic) bond motifs is 1. The number of nitrogens with zero attached hydrogens (tertiary/aromatic N) is 1. The highest BCUT2D eigenvalue weighted by Crippen LogP contribution is 2.25. The number of aromatic amines is 1. The normalized spacial score (nSPS) is 12.0. The van der Waals surface area contributed by atoms with E-state index in [0.717, 1.165) is 27.7 Å². The van der Waals surface area contributed by atoms with Gasteiger partial charge in [-0.3, -0.25) is 9.59 Å². The van der Waals surface area contributed by atoms with Crippen LogP contribution in [-0.2, 0) is 11.2 Å². The van der Waals surface area contributed by atoms with E-state index >= 15 is 0 Å². The predicted molar refractivity (Wildman–Crippen MR) is 114 cm³/mol. The lowest BCUT2D eigenvalue weighted by Crippen LogP contribution is -2.31. The second-order valence-corrected chi connectivity index (χ2v) is 7.69. The maximum atomic E-state index is 13.0. The Kier molecular flexibility index (Phi) is 5.39. The van der Waals surface area contributed by atoms with Gasteiger partial charge >= 0.3 is 0 Å². The molecule has 146 valence electrons. The van der Waals surface area contributed by atoms with Gasteiger partial charge < -0.3 is 16.0 Å². The SMILES string of the molecule is NC(=O)C[C@@H](NC(=O)c1sccc1Cc1ccnc2[nH]ccc12)c1ccccc1. The third kappa shape index (κ3) is 4.20. The van der Waals surface area contributed by atoms with Crippen LogP contribution in [0.25, 0.3) is 11.0 Å². The topological polar surface area (TPSA) is 101 Å². The Bertz CT molecular complexity index is 1150. The van der Waals surface area contributed by atoms with Crippen molar-refractivity contribution in [3.05, 3.63) is 87.9 Å². The molecule has 0 radical (unpaired) electrons. The average Bonchev–Trinajstić information content (AvgIpc) is 3.37. The number of hydrogen-bond acceptors (Lipinski definition) is 4. The number of primary amides is 1. The molecule has 4 rings (SSSR count). The van der Waals surface area contributed by atoms with Crippen LogP contribution in [-0.4, -0.2) is 21.8 Å². The molecule has 4 N–H and O–H groups in total. The number of nitrogens with two attached hydrogens (primary N) is 1. The summed E-state index contributed by atoms with van der Waals surface area (Å²) in [4.78, 5) is 32.6. The van der Waals surface area contributed by atoms with Crippen molar-refractivity contribution in [2.75, 3.05) is 0 Å². The van der Waals surface area contributed by atoms with E-state index in [-0.39, 0.29) is 12.3 Å². The Morgan fingerprint density at radius 2 is 1.93 bits per heavy atom. The molecule has 29 heavy (non-hydrogen) atoms. The van der Waals surface area contributed by atoms with Crippen LogP contribution in [0, 0.1) is 0 Å². The smallest absolute Gasteiger partial charge is 0.262 e. The molecule has 2 amide bonds. The summed E-state index contributed by atoms with van der Waals surface area (Å²) in [6, 6.07) is 14.8. The number of carbonyl (C=O) groups excluding carboxylic acids is 2.